The number of carbonyl (C=O) groups is 1. The standard InChI is InChI=1S/C31H41N5O.C2H6/c1-21(19-29-22(2)33-16-13-28(29)27-11-12-30(32)35(6)23(27)3)20-36-17-14-25(15-18-36)24-7-9-26(10-8-24)31(37)34(4)5;1-2/h7-13,16,19,25,30H,14-15,17-18,20,32H2,1-6H3;1-2H3/b21-19+;. The minimum atomic E-state index is -0.0891. The van der Waals surface area contributed by atoms with Crippen molar-refractivity contribution in [1.29, 1.82) is 0 Å². The van der Waals surface area contributed by atoms with Crippen LogP contribution < -0.4 is 5.73 Å². The molecule has 0 bridgehead atoms. The predicted octanol–water partition coefficient (Wildman–Crippen LogP) is 5.92. The van der Waals surface area contributed by atoms with E-state index < -0.39 is 0 Å². The van der Waals surface area contributed by atoms with Crippen molar-refractivity contribution < 1.29 is 4.79 Å². The topological polar surface area (TPSA) is 65.7 Å². The molecule has 0 spiro atoms. The Morgan fingerprint density at radius 1 is 1.10 bits per heavy atom. The van der Waals surface area contributed by atoms with E-state index in [2.05, 4.69) is 72.0 Å². The van der Waals surface area contributed by atoms with Crippen LogP contribution in [0, 0.1) is 6.92 Å². The molecule has 0 radical (unpaired) electrons. The molecule has 2 aliphatic rings. The van der Waals surface area contributed by atoms with Crippen molar-refractivity contribution in [2.75, 3.05) is 40.8 Å². The van der Waals surface area contributed by atoms with E-state index in [1.807, 2.05) is 39.2 Å². The molecule has 2 N–H and O–H groups in total. The SMILES string of the molecule is CC.CC1=C(c2ccnc(C)c2/C=C(\C)CN2CCC(c3ccc(C(=O)N(C)C)cc3)CC2)C=CC(N)N1C. The highest BCUT2D eigenvalue weighted by molar-refractivity contribution is 5.93. The first-order chi connectivity index (χ1) is 18.7. The average Bonchev–Trinajstić information content (AvgIpc) is 2.94. The number of nitrogens with two attached hydrogens (primary N) is 1. The fourth-order valence-corrected chi connectivity index (χ4v) is 5.36. The highest BCUT2D eigenvalue weighted by atomic mass is 16.2. The third kappa shape index (κ3) is 7.25. The molecule has 2 aromatic rings. The van der Waals surface area contributed by atoms with Gasteiger partial charge >= 0.3 is 0 Å². The van der Waals surface area contributed by atoms with Crippen molar-refractivity contribution in [1.82, 2.24) is 19.7 Å². The van der Waals surface area contributed by atoms with Gasteiger partial charge in [0.1, 0.15) is 0 Å². The van der Waals surface area contributed by atoms with Gasteiger partial charge in [0.05, 0.1) is 6.17 Å². The molecular weight excluding hydrogens is 482 g/mol. The van der Waals surface area contributed by atoms with Gasteiger partial charge < -0.3 is 15.5 Å². The van der Waals surface area contributed by atoms with Crippen LogP contribution in [0.3, 0.4) is 0 Å². The zero-order valence-corrected chi connectivity index (χ0v) is 25.2. The van der Waals surface area contributed by atoms with Crippen LogP contribution in [0.15, 0.2) is 60.0 Å². The van der Waals surface area contributed by atoms with E-state index in [4.69, 9.17) is 5.73 Å². The monoisotopic (exact) mass is 529 g/mol. The summed E-state index contributed by atoms with van der Waals surface area (Å²) in [6.45, 7) is 13.5. The van der Waals surface area contributed by atoms with Crippen LogP contribution in [0.1, 0.15) is 79.2 Å². The Labute approximate surface area is 235 Å². The van der Waals surface area contributed by atoms with E-state index in [9.17, 15) is 4.79 Å². The molecule has 1 saturated heterocycles. The molecule has 1 aromatic heterocycles. The molecule has 4 rings (SSSR count). The van der Waals surface area contributed by atoms with E-state index in [1.54, 1.807) is 19.0 Å². The number of hydrogen-bond donors (Lipinski definition) is 1. The number of aromatic nitrogens is 1. The molecule has 1 amide bonds. The Hall–Kier alpha value is -3.22. The number of nitrogens with zero attached hydrogens (tertiary/aromatic N) is 4. The summed E-state index contributed by atoms with van der Waals surface area (Å²) in [5.41, 5.74) is 15.4. The van der Waals surface area contributed by atoms with Crippen LogP contribution in [0.2, 0.25) is 0 Å². The van der Waals surface area contributed by atoms with E-state index >= 15 is 0 Å². The van der Waals surface area contributed by atoms with Crippen LogP contribution in [0.4, 0.5) is 0 Å². The molecule has 210 valence electrons. The number of hydrogen-bond acceptors (Lipinski definition) is 5. The number of carbonyl (C=O) groups excluding carboxylic acids is 1. The first kappa shape index (κ1) is 30.3. The van der Waals surface area contributed by atoms with Gasteiger partial charge in [0.15, 0.2) is 0 Å². The van der Waals surface area contributed by atoms with Crippen LogP contribution in [-0.2, 0) is 0 Å². The second kappa shape index (κ2) is 13.7. The molecule has 3 heterocycles. The molecule has 1 fully saturated rings. The minimum absolute atomic E-state index is 0.0530. The van der Waals surface area contributed by atoms with Crippen molar-refractivity contribution in [3.63, 3.8) is 0 Å². The minimum Gasteiger partial charge on any atom is -0.359 e. The van der Waals surface area contributed by atoms with Gasteiger partial charge in [-0.2, -0.15) is 0 Å². The number of likely N-dealkylation sites (tertiary alicyclic amines) is 1. The van der Waals surface area contributed by atoms with E-state index in [-0.39, 0.29) is 12.1 Å². The number of allylic oxidation sites excluding steroid dienone is 3. The zero-order chi connectivity index (χ0) is 28.7. The summed E-state index contributed by atoms with van der Waals surface area (Å²) in [5, 5.41) is 0. The summed E-state index contributed by atoms with van der Waals surface area (Å²) in [4.78, 5) is 23.1. The van der Waals surface area contributed by atoms with Crippen molar-refractivity contribution in [2.45, 2.75) is 59.5 Å². The lowest BCUT2D eigenvalue weighted by atomic mass is 9.88. The van der Waals surface area contributed by atoms with Crippen molar-refractivity contribution in [3.8, 4) is 0 Å². The van der Waals surface area contributed by atoms with Gasteiger partial charge in [-0.25, -0.2) is 0 Å². The van der Waals surface area contributed by atoms with Crippen LogP contribution in [0.5, 0.6) is 0 Å². The first-order valence-corrected chi connectivity index (χ1v) is 14.2. The number of aryl methyl sites for hydroxylation is 1. The third-order valence-electron chi connectivity index (χ3n) is 7.79. The molecule has 2 aliphatic heterocycles. The third-order valence-corrected chi connectivity index (χ3v) is 7.79. The quantitative estimate of drug-likeness (QED) is 0.503. The van der Waals surface area contributed by atoms with Gasteiger partial charge in [0.25, 0.3) is 5.91 Å². The van der Waals surface area contributed by atoms with E-state index in [0.29, 0.717) is 5.92 Å². The second-order valence-corrected chi connectivity index (χ2v) is 10.7. The van der Waals surface area contributed by atoms with Crippen molar-refractivity contribution in [3.05, 3.63) is 87.9 Å². The summed E-state index contributed by atoms with van der Waals surface area (Å²) >= 11 is 0. The molecule has 0 aliphatic carbocycles. The average molecular weight is 530 g/mol. The maximum Gasteiger partial charge on any atom is 0.253 e. The fourth-order valence-electron chi connectivity index (χ4n) is 5.36. The van der Waals surface area contributed by atoms with Crippen LogP contribution in [0.25, 0.3) is 11.6 Å². The summed E-state index contributed by atoms with van der Waals surface area (Å²) in [6.07, 6.45) is 10.6. The molecule has 6 heteroatoms. The van der Waals surface area contributed by atoms with Gasteiger partial charge in [-0.05, 0) is 88.0 Å². The van der Waals surface area contributed by atoms with Gasteiger partial charge in [0, 0.05) is 62.0 Å². The van der Waals surface area contributed by atoms with Crippen molar-refractivity contribution in [2.24, 2.45) is 5.73 Å². The summed E-state index contributed by atoms with van der Waals surface area (Å²) in [7, 11) is 5.62. The molecule has 1 atom stereocenters. The normalized spacial score (nSPS) is 18.6. The molecule has 39 heavy (non-hydrogen) atoms. The first-order valence-electron chi connectivity index (χ1n) is 14.2. The molecule has 6 nitrogen and oxygen atoms in total. The number of piperidine rings is 1. The molecule has 1 unspecified atom stereocenters. The highest BCUT2D eigenvalue weighted by Crippen LogP contribution is 2.32. The summed E-state index contributed by atoms with van der Waals surface area (Å²) in [5.74, 6) is 0.602. The zero-order valence-electron chi connectivity index (χ0n) is 25.2. The number of rotatable bonds is 6. The van der Waals surface area contributed by atoms with Gasteiger partial charge in [-0.1, -0.05) is 43.7 Å². The Morgan fingerprint density at radius 3 is 2.36 bits per heavy atom. The van der Waals surface area contributed by atoms with E-state index in [0.717, 1.165) is 43.7 Å². The highest BCUT2D eigenvalue weighted by Gasteiger charge is 2.22. The summed E-state index contributed by atoms with van der Waals surface area (Å²) in [6, 6.07) is 10.3. The van der Waals surface area contributed by atoms with E-state index in [1.165, 1.54) is 33.5 Å². The smallest absolute Gasteiger partial charge is 0.253 e. The lowest BCUT2D eigenvalue weighted by Crippen LogP contribution is -2.38. The molecule has 0 saturated carbocycles. The second-order valence-electron chi connectivity index (χ2n) is 10.7. The largest absolute Gasteiger partial charge is 0.359 e. The lowest BCUT2D eigenvalue weighted by Gasteiger charge is -2.32. The number of benzene rings is 1. The Morgan fingerprint density at radius 2 is 1.74 bits per heavy atom. The fraction of sp³-hybridized carbons (Fsp3) is 0.455. The molecular formula is C33H47N5O. The van der Waals surface area contributed by atoms with Crippen molar-refractivity contribution >= 4 is 17.6 Å². The Kier molecular flexibility index (Phi) is 10.7. The maximum atomic E-state index is 12.2. The van der Waals surface area contributed by atoms with Gasteiger partial charge in [0.2, 0.25) is 0 Å². The van der Waals surface area contributed by atoms with Crippen LogP contribution in [-0.4, -0.2) is 72.5 Å². The number of pyridine rings is 1. The van der Waals surface area contributed by atoms with Crippen LogP contribution >= 0.6 is 0 Å². The predicted molar refractivity (Wildman–Crippen MR) is 164 cm³/mol. The Balaban J connectivity index is 0.00000205. The van der Waals surface area contributed by atoms with Gasteiger partial charge in [-0.3, -0.25) is 14.7 Å². The molecule has 1 aromatic carbocycles. The maximum absolute atomic E-state index is 12.2. The van der Waals surface area contributed by atoms with Gasteiger partial charge in [-0.15, -0.1) is 0 Å². The number of amides is 1. The Bertz CT molecular complexity index is 1220. The lowest BCUT2D eigenvalue weighted by molar-refractivity contribution is 0.0827. The number of likely N-dealkylation sites (N-methyl/N-ethyl adjacent to an activating group) is 1. The summed E-state index contributed by atoms with van der Waals surface area (Å²) < 4.78 is 0.